The predicted molar refractivity (Wildman–Crippen MR) is 85.8 cm³/mol. The van der Waals surface area contributed by atoms with Gasteiger partial charge in [-0.05, 0) is 39.0 Å². The zero-order valence-electron chi connectivity index (χ0n) is 12.1. The Morgan fingerprint density at radius 3 is 2.81 bits per heavy atom. The molecule has 0 aliphatic heterocycles. The molecule has 0 bridgehead atoms. The van der Waals surface area contributed by atoms with Gasteiger partial charge in [0.1, 0.15) is 6.33 Å². The Kier molecular flexibility index (Phi) is 5.25. The fourth-order valence-corrected chi connectivity index (χ4v) is 2.84. The van der Waals surface area contributed by atoms with E-state index in [-0.39, 0.29) is 17.2 Å². The highest BCUT2D eigenvalue weighted by Crippen LogP contribution is 2.24. The van der Waals surface area contributed by atoms with Crippen molar-refractivity contribution in [1.82, 2.24) is 14.8 Å². The molecule has 1 unspecified atom stereocenters. The molecule has 2 rings (SSSR count). The van der Waals surface area contributed by atoms with Crippen molar-refractivity contribution >= 4 is 35.0 Å². The number of benzene rings is 1. The van der Waals surface area contributed by atoms with Gasteiger partial charge in [0.2, 0.25) is 5.91 Å². The number of thioether (sulfide) groups is 1. The minimum absolute atomic E-state index is 0.0967. The molecule has 0 fully saturated rings. The summed E-state index contributed by atoms with van der Waals surface area (Å²) < 4.78 is 1.94. The summed E-state index contributed by atoms with van der Waals surface area (Å²) in [5.41, 5.74) is 0.685. The Morgan fingerprint density at radius 2 is 2.14 bits per heavy atom. The molecule has 2 aromatic rings. The summed E-state index contributed by atoms with van der Waals surface area (Å²) in [6.07, 6.45) is 1.68. The van der Waals surface area contributed by atoms with Gasteiger partial charge in [-0.3, -0.25) is 4.79 Å². The molecule has 0 saturated heterocycles. The third-order valence-corrected chi connectivity index (χ3v) is 4.15. The quantitative estimate of drug-likeness (QED) is 0.853. The van der Waals surface area contributed by atoms with Crippen LogP contribution in [0.3, 0.4) is 0 Å². The van der Waals surface area contributed by atoms with Crippen molar-refractivity contribution in [2.24, 2.45) is 0 Å². The minimum Gasteiger partial charge on any atom is -0.325 e. The summed E-state index contributed by atoms with van der Waals surface area (Å²) in [5.74, 6) is -0.0967. The van der Waals surface area contributed by atoms with Crippen molar-refractivity contribution in [1.29, 1.82) is 0 Å². The highest BCUT2D eigenvalue weighted by Gasteiger charge is 2.18. The van der Waals surface area contributed by atoms with Crippen LogP contribution in [0.15, 0.2) is 35.7 Å². The lowest BCUT2D eigenvalue weighted by Crippen LogP contribution is -2.23. The fraction of sp³-hybridized carbons (Fsp3) is 0.357. The van der Waals surface area contributed by atoms with Gasteiger partial charge in [-0.2, -0.15) is 0 Å². The van der Waals surface area contributed by atoms with E-state index in [1.807, 2.05) is 25.3 Å². The van der Waals surface area contributed by atoms with Crippen molar-refractivity contribution in [2.75, 3.05) is 5.32 Å². The van der Waals surface area contributed by atoms with Gasteiger partial charge < -0.3 is 9.88 Å². The van der Waals surface area contributed by atoms with Gasteiger partial charge in [0.05, 0.1) is 5.25 Å². The molecule has 7 heteroatoms. The van der Waals surface area contributed by atoms with E-state index in [4.69, 9.17) is 11.6 Å². The number of nitrogens with zero attached hydrogens (tertiary/aromatic N) is 3. The first-order valence-electron chi connectivity index (χ1n) is 6.60. The van der Waals surface area contributed by atoms with Gasteiger partial charge in [-0.25, -0.2) is 0 Å². The van der Waals surface area contributed by atoms with Gasteiger partial charge in [0.15, 0.2) is 5.16 Å². The first kappa shape index (κ1) is 15.9. The predicted octanol–water partition coefficient (Wildman–Crippen LogP) is 3.63. The second-order valence-corrected chi connectivity index (χ2v) is 6.62. The summed E-state index contributed by atoms with van der Waals surface area (Å²) in [7, 11) is 0. The monoisotopic (exact) mass is 324 g/mol. The minimum atomic E-state index is -0.286. The van der Waals surface area contributed by atoms with Gasteiger partial charge in [-0.15, -0.1) is 10.2 Å². The molecule has 0 radical (unpaired) electrons. The van der Waals surface area contributed by atoms with Crippen LogP contribution in [0.4, 0.5) is 5.69 Å². The Labute approximate surface area is 133 Å². The average molecular weight is 325 g/mol. The number of anilines is 1. The summed E-state index contributed by atoms with van der Waals surface area (Å²) >= 11 is 7.28. The van der Waals surface area contributed by atoms with Gasteiger partial charge >= 0.3 is 0 Å². The molecule has 0 aliphatic rings. The molecule has 1 heterocycles. The van der Waals surface area contributed by atoms with Crippen LogP contribution in [0.5, 0.6) is 0 Å². The maximum atomic E-state index is 12.2. The standard InChI is InChI=1S/C14H17ClN4OS/c1-9(2)19-8-16-18-14(19)21-10(3)13(20)17-12-6-4-5-11(15)7-12/h4-10H,1-3H3,(H,17,20). The van der Waals surface area contributed by atoms with E-state index in [2.05, 4.69) is 15.5 Å². The number of aromatic nitrogens is 3. The largest absolute Gasteiger partial charge is 0.325 e. The summed E-state index contributed by atoms with van der Waals surface area (Å²) in [5, 5.41) is 11.8. The van der Waals surface area contributed by atoms with Crippen molar-refractivity contribution in [3.05, 3.63) is 35.6 Å². The van der Waals surface area contributed by atoms with Crippen LogP contribution in [0.2, 0.25) is 5.02 Å². The molecule has 5 nitrogen and oxygen atoms in total. The van der Waals surface area contributed by atoms with Crippen molar-refractivity contribution in [3.8, 4) is 0 Å². The van der Waals surface area contributed by atoms with Crippen LogP contribution in [0.25, 0.3) is 0 Å². The number of amides is 1. The van der Waals surface area contributed by atoms with E-state index < -0.39 is 0 Å². The second-order valence-electron chi connectivity index (χ2n) is 4.87. The highest BCUT2D eigenvalue weighted by molar-refractivity contribution is 8.00. The topological polar surface area (TPSA) is 59.8 Å². The smallest absolute Gasteiger partial charge is 0.237 e. The Bertz CT molecular complexity index is 629. The van der Waals surface area contributed by atoms with Gasteiger partial charge in [0.25, 0.3) is 0 Å². The molecular weight excluding hydrogens is 308 g/mol. The van der Waals surface area contributed by atoms with Crippen LogP contribution in [-0.2, 0) is 4.79 Å². The molecule has 1 aromatic carbocycles. The lowest BCUT2D eigenvalue weighted by molar-refractivity contribution is -0.115. The van der Waals surface area contributed by atoms with Crippen molar-refractivity contribution < 1.29 is 4.79 Å². The Morgan fingerprint density at radius 1 is 1.38 bits per heavy atom. The zero-order chi connectivity index (χ0) is 15.4. The molecule has 112 valence electrons. The van der Waals surface area contributed by atoms with E-state index in [9.17, 15) is 4.79 Å². The second kappa shape index (κ2) is 6.95. The number of carbonyl (C=O) groups excluding carboxylic acids is 1. The lowest BCUT2D eigenvalue weighted by Gasteiger charge is -2.14. The summed E-state index contributed by atoms with van der Waals surface area (Å²) in [6, 6.07) is 7.34. The van der Waals surface area contributed by atoms with Crippen LogP contribution < -0.4 is 5.32 Å². The van der Waals surface area contributed by atoms with Crippen LogP contribution in [-0.4, -0.2) is 25.9 Å². The number of carbonyl (C=O) groups is 1. The third kappa shape index (κ3) is 4.22. The first-order chi connectivity index (χ1) is 9.97. The van der Waals surface area contributed by atoms with Crippen LogP contribution in [0.1, 0.15) is 26.8 Å². The average Bonchev–Trinajstić information content (AvgIpc) is 2.87. The maximum Gasteiger partial charge on any atom is 0.237 e. The van der Waals surface area contributed by atoms with Crippen LogP contribution >= 0.6 is 23.4 Å². The number of halogens is 1. The zero-order valence-corrected chi connectivity index (χ0v) is 13.6. The van der Waals surface area contributed by atoms with E-state index in [0.29, 0.717) is 10.7 Å². The lowest BCUT2D eigenvalue weighted by atomic mass is 10.3. The SMILES string of the molecule is CC(Sc1nncn1C(C)C)C(=O)Nc1cccc(Cl)c1. The molecule has 0 spiro atoms. The van der Waals surface area contributed by atoms with Gasteiger partial charge in [-0.1, -0.05) is 29.4 Å². The molecule has 1 aromatic heterocycles. The van der Waals surface area contributed by atoms with E-state index in [1.54, 1.807) is 30.6 Å². The van der Waals surface area contributed by atoms with E-state index in [0.717, 1.165) is 5.16 Å². The van der Waals surface area contributed by atoms with Crippen molar-refractivity contribution in [2.45, 2.75) is 37.2 Å². The normalized spacial score (nSPS) is 12.4. The highest BCUT2D eigenvalue weighted by atomic mass is 35.5. The molecule has 1 amide bonds. The van der Waals surface area contributed by atoms with E-state index >= 15 is 0 Å². The van der Waals surface area contributed by atoms with Gasteiger partial charge in [0, 0.05) is 16.8 Å². The fourth-order valence-electron chi connectivity index (χ4n) is 1.69. The first-order valence-corrected chi connectivity index (χ1v) is 7.85. The molecule has 1 atom stereocenters. The number of rotatable bonds is 5. The van der Waals surface area contributed by atoms with E-state index in [1.165, 1.54) is 11.8 Å². The Hall–Kier alpha value is -1.53. The summed E-state index contributed by atoms with van der Waals surface area (Å²) in [4.78, 5) is 12.2. The molecular formula is C14H17ClN4OS. The summed E-state index contributed by atoms with van der Waals surface area (Å²) in [6.45, 7) is 5.93. The van der Waals surface area contributed by atoms with Crippen molar-refractivity contribution in [3.63, 3.8) is 0 Å². The van der Waals surface area contributed by atoms with Crippen LogP contribution in [0, 0.1) is 0 Å². The number of hydrogen-bond acceptors (Lipinski definition) is 4. The number of nitrogens with one attached hydrogen (secondary N) is 1. The third-order valence-electron chi connectivity index (χ3n) is 2.84. The molecule has 21 heavy (non-hydrogen) atoms. The molecule has 0 saturated carbocycles. The number of hydrogen-bond donors (Lipinski definition) is 1. The molecule has 0 aliphatic carbocycles. The maximum absolute atomic E-state index is 12.2. The Balaban J connectivity index is 2.01. The molecule has 1 N–H and O–H groups in total.